The third-order valence-corrected chi connectivity index (χ3v) is 2.89. The molecule has 0 aliphatic heterocycles. The van der Waals surface area contributed by atoms with Gasteiger partial charge in [0.15, 0.2) is 0 Å². The van der Waals surface area contributed by atoms with Gasteiger partial charge in [0, 0.05) is 16.6 Å². The predicted molar refractivity (Wildman–Crippen MR) is 64.7 cm³/mol. The lowest BCUT2D eigenvalue weighted by Crippen LogP contribution is -2.26. The number of nitrogens with two attached hydrogens (primary N) is 1. The molecule has 0 fully saturated rings. The van der Waals surface area contributed by atoms with E-state index < -0.39 is 0 Å². The van der Waals surface area contributed by atoms with Crippen molar-refractivity contribution in [1.29, 1.82) is 0 Å². The maximum atomic E-state index is 11.4. The molecular weight excluding hydrogens is 249 g/mol. The van der Waals surface area contributed by atoms with E-state index in [-0.39, 0.29) is 18.4 Å². The van der Waals surface area contributed by atoms with E-state index in [4.69, 9.17) is 28.9 Å². The minimum atomic E-state index is -0.372. The Morgan fingerprint density at radius 2 is 2.19 bits per heavy atom. The summed E-state index contributed by atoms with van der Waals surface area (Å²) >= 11 is 11.8. The molecule has 16 heavy (non-hydrogen) atoms. The SMILES string of the molecule is COC(=O)[C@H](CN)Cc1ccc(Cl)cc1Cl. The van der Waals surface area contributed by atoms with Gasteiger partial charge in [-0.05, 0) is 24.1 Å². The normalized spacial score (nSPS) is 12.2. The van der Waals surface area contributed by atoms with Crippen LogP contribution in [0.1, 0.15) is 5.56 Å². The van der Waals surface area contributed by atoms with Crippen LogP contribution in [0, 0.1) is 5.92 Å². The van der Waals surface area contributed by atoms with Crippen molar-refractivity contribution < 1.29 is 9.53 Å². The summed E-state index contributed by atoms with van der Waals surface area (Å²) < 4.78 is 4.65. The van der Waals surface area contributed by atoms with E-state index in [1.165, 1.54) is 7.11 Å². The highest BCUT2D eigenvalue weighted by Crippen LogP contribution is 2.23. The summed E-state index contributed by atoms with van der Waals surface area (Å²) in [6.07, 6.45) is 0.458. The Labute approximate surface area is 104 Å². The highest BCUT2D eigenvalue weighted by Gasteiger charge is 2.19. The number of hydrogen-bond donors (Lipinski definition) is 1. The molecule has 88 valence electrons. The van der Waals surface area contributed by atoms with E-state index in [1.54, 1.807) is 18.2 Å². The summed E-state index contributed by atoms with van der Waals surface area (Å²) in [5.74, 6) is -0.697. The van der Waals surface area contributed by atoms with E-state index >= 15 is 0 Å². The number of esters is 1. The summed E-state index contributed by atoms with van der Waals surface area (Å²) in [5, 5.41) is 1.10. The fourth-order valence-electron chi connectivity index (χ4n) is 1.38. The summed E-state index contributed by atoms with van der Waals surface area (Å²) in [6.45, 7) is 0.228. The van der Waals surface area contributed by atoms with Crippen molar-refractivity contribution in [1.82, 2.24) is 0 Å². The van der Waals surface area contributed by atoms with Crippen LogP contribution < -0.4 is 5.73 Å². The van der Waals surface area contributed by atoms with Gasteiger partial charge in [0.2, 0.25) is 0 Å². The zero-order valence-electron chi connectivity index (χ0n) is 8.87. The molecular formula is C11H13Cl2NO2. The first-order chi connectivity index (χ1) is 7.58. The van der Waals surface area contributed by atoms with Crippen LogP contribution in [-0.2, 0) is 16.0 Å². The molecule has 2 N–H and O–H groups in total. The molecule has 3 nitrogen and oxygen atoms in total. The zero-order valence-corrected chi connectivity index (χ0v) is 10.4. The number of halogens is 2. The Morgan fingerprint density at radius 3 is 2.69 bits per heavy atom. The Balaban J connectivity index is 2.82. The average Bonchev–Trinajstić information content (AvgIpc) is 2.27. The molecule has 1 rings (SSSR count). The standard InChI is InChI=1S/C11H13Cl2NO2/c1-16-11(15)8(6-14)4-7-2-3-9(12)5-10(7)13/h2-3,5,8H,4,6,14H2,1H3/t8-/m0/s1. The molecule has 0 amide bonds. The van der Waals surface area contributed by atoms with Gasteiger partial charge in [0.05, 0.1) is 13.0 Å². The van der Waals surface area contributed by atoms with Crippen LogP contribution in [0.15, 0.2) is 18.2 Å². The number of hydrogen-bond acceptors (Lipinski definition) is 3. The maximum Gasteiger partial charge on any atom is 0.310 e. The van der Waals surface area contributed by atoms with Gasteiger partial charge >= 0.3 is 5.97 Å². The monoisotopic (exact) mass is 261 g/mol. The van der Waals surface area contributed by atoms with Gasteiger partial charge in [-0.1, -0.05) is 29.3 Å². The lowest BCUT2D eigenvalue weighted by atomic mass is 9.99. The molecule has 0 saturated heterocycles. The molecule has 0 radical (unpaired) electrons. The van der Waals surface area contributed by atoms with E-state index in [0.717, 1.165) is 5.56 Å². The maximum absolute atomic E-state index is 11.4. The second kappa shape index (κ2) is 6.09. The third kappa shape index (κ3) is 3.37. The quantitative estimate of drug-likeness (QED) is 0.847. The van der Waals surface area contributed by atoms with Gasteiger partial charge in [0.25, 0.3) is 0 Å². The molecule has 0 bridgehead atoms. The largest absolute Gasteiger partial charge is 0.469 e. The lowest BCUT2D eigenvalue weighted by molar-refractivity contribution is -0.145. The molecule has 0 spiro atoms. The fourth-order valence-corrected chi connectivity index (χ4v) is 1.87. The number of carbonyl (C=O) groups excluding carboxylic acids is 1. The van der Waals surface area contributed by atoms with Gasteiger partial charge in [-0.15, -0.1) is 0 Å². The van der Waals surface area contributed by atoms with Crippen molar-refractivity contribution in [2.75, 3.05) is 13.7 Å². The summed E-state index contributed by atoms with van der Waals surface area (Å²) in [7, 11) is 1.34. The van der Waals surface area contributed by atoms with Gasteiger partial charge in [-0.3, -0.25) is 4.79 Å². The Hall–Kier alpha value is -0.770. The summed E-state index contributed by atoms with van der Waals surface area (Å²) in [4.78, 5) is 11.4. The van der Waals surface area contributed by atoms with Crippen LogP contribution in [0.5, 0.6) is 0 Å². The van der Waals surface area contributed by atoms with Crippen LogP contribution in [0.25, 0.3) is 0 Å². The van der Waals surface area contributed by atoms with Crippen molar-refractivity contribution in [3.63, 3.8) is 0 Å². The van der Waals surface area contributed by atoms with Crippen molar-refractivity contribution in [3.8, 4) is 0 Å². The minimum Gasteiger partial charge on any atom is -0.469 e. The topological polar surface area (TPSA) is 52.3 Å². The Bertz CT molecular complexity index is 382. The van der Waals surface area contributed by atoms with Crippen LogP contribution in [0.2, 0.25) is 10.0 Å². The van der Waals surface area contributed by atoms with Gasteiger partial charge < -0.3 is 10.5 Å². The van der Waals surface area contributed by atoms with Gasteiger partial charge in [0.1, 0.15) is 0 Å². The smallest absolute Gasteiger partial charge is 0.310 e. The van der Waals surface area contributed by atoms with Crippen LogP contribution in [-0.4, -0.2) is 19.6 Å². The second-order valence-electron chi connectivity index (χ2n) is 3.40. The average molecular weight is 262 g/mol. The van der Waals surface area contributed by atoms with Crippen molar-refractivity contribution in [2.45, 2.75) is 6.42 Å². The van der Waals surface area contributed by atoms with Crippen molar-refractivity contribution in [3.05, 3.63) is 33.8 Å². The molecule has 1 aromatic carbocycles. The van der Waals surface area contributed by atoms with Gasteiger partial charge in [-0.25, -0.2) is 0 Å². The third-order valence-electron chi connectivity index (χ3n) is 2.30. The Kier molecular flexibility index (Phi) is 5.06. The van der Waals surface area contributed by atoms with Crippen LogP contribution in [0.3, 0.4) is 0 Å². The highest BCUT2D eigenvalue weighted by atomic mass is 35.5. The van der Waals surface area contributed by atoms with Gasteiger partial charge in [-0.2, -0.15) is 0 Å². The molecule has 1 atom stereocenters. The Morgan fingerprint density at radius 1 is 1.50 bits per heavy atom. The van der Waals surface area contributed by atoms with E-state index in [2.05, 4.69) is 4.74 Å². The predicted octanol–water partition coefficient (Wildman–Crippen LogP) is 2.28. The molecule has 5 heteroatoms. The molecule has 0 heterocycles. The minimum absolute atomic E-state index is 0.228. The second-order valence-corrected chi connectivity index (χ2v) is 4.24. The van der Waals surface area contributed by atoms with Crippen LogP contribution >= 0.6 is 23.2 Å². The van der Waals surface area contributed by atoms with E-state index in [9.17, 15) is 4.79 Å². The number of carbonyl (C=O) groups is 1. The van der Waals surface area contributed by atoms with Crippen molar-refractivity contribution in [2.24, 2.45) is 11.7 Å². The van der Waals surface area contributed by atoms with Crippen LogP contribution in [0.4, 0.5) is 0 Å². The zero-order chi connectivity index (χ0) is 12.1. The van der Waals surface area contributed by atoms with Crippen molar-refractivity contribution >= 4 is 29.2 Å². The number of ether oxygens (including phenoxy) is 1. The molecule has 0 aliphatic rings. The number of rotatable bonds is 4. The van der Waals surface area contributed by atoms with E-state index in [1.807, 2.05) is 0 Å². The number of methoxy groups -OCH3 is 1. The molecule has 0 unspecified atom stereocenters. The summed E-state index contributed by atoms with van der Waals surface area (Å²) in [5.41, 5.74) is 6.35. The lowest BCUT2D eigenvalue weighted by Gasteiger charge is -2.13. The first-order valence-electron chi connectivity index (χ1n) is 4.80. The molecule has 0 aromatic heterocycles. The number of benzene rings is 1. The molecule has 0 saturated carbocycles. The summed E-state index contributed by atoms with van der Waals surface area (Å²) in [6, 6.07) is 5.16. The molecule has 0 aliphatic carbocycles. The first-order valence-corrected chi connectivity index (χ1v) is 5.56. The highest BCUT2D eigenvalue weighted by molar-refractivity contribution is 6.35. The first kappa shape index (κ1) is 13.3. The fraction of sp³-hybridized carbons (Fsp3) is 0.364. The molecule has 1 aromatic rings. The van der Waals surface area contributed by atoms with E-state index in [0.29, 0.717) is 16.5 Å².